The van der Waals surface area contributed by atoms with Crippen molar-refractivity contribution in [2.75, 3.05) is 13.2 Å². The number of ether oxygens (including phenoxy) is 3. The molecule has 1 N–H and O–H groups in total. The van der Waals surface area contributed by atoms with Crippen molar-refractivity contribution in [1.29, 1.82) is 0 Å². The first-order valence-electron chi connectivity index (χ1n) is 9.80. The van der Waals surface area contributed by atoms with E-state index in [0.29, 0.717) is 16.8 Å². The van der Waals surface area contributed by atoms with Gasteiger partial charge in [-0.3, -0.25) is 4.79 Å². The normalized spacial score (nSPS) is 11.1. The number of esters is 2. The van der Waals surface area contributed by atoms with E-state index in [1.165, 1.54) is 0 Å². The standard InChI is InChI=1S/C22H28N2O6/c1-6-28-20(26)19-14(2)15-9-7-8-10-16(15)24-17(19)13-29-18(25)11-12-23-21(27)30-22(3,4)5/h7-10H,6,11-13H2,1-5H3,(H,23,27). The molecule has 8 heteroatoms. The molecule has 0 bridgehead atoms. The summed E-state index contributed by atoms with van der Waals surface area (Å²) in [4.78, 5) is 40.7. The summed E-state index contributed by atoms with van der Waals surface area (Å²) in [5.74, 6) is -1.04. The van der Waals surface area contributed by atoms with E-state index in [2.05, 4.69) is 10.3 Å². The molecule has 162 valence electrons. The molecule has 1 heterocycles. The van der Waals surface area contributed by atoms with Gasteiger partial charge in [0.15, 0.2) is 0 Å². The van der Waals surface area contributed by atoms with Gasteiger partial charge in [0.1, 0.15) is 12.2 Å². The Morgan fingerprint density at radius 1 is 1.10 bits per heavy atom. The summed E-state index contributed by atoms with van der Waals surface area (Å²) in [5.41, 5.74) is 1.43. The summed E-state index contributed by atoms with van der Waals surface area (Å²) in [6, 6.07) is 7.41. The van der Waals surface area contributed by atoms with Crippen molar-refractivity contribution in [1.82, 2.24) is 10.3 Å². The number of pyridine rings is 1. The molecule has 0 aliphatic rings. The summed E-state index contributed by atoms with van der Waals surface area (Å²) in [7, 11) is 0. The van der Waals surface area contributed by atoms with E-state index in [1.807, 2.05) is 31.2 Å². The number of rotatable bonds is 7. The van der Waals surface area contributed by atoms with Gasteiger partial charge in [0, 0.05) is 11.9 Å². The first-order valence-corrected chi connectivity index (χ1v) is 9.80. The molecule has 30 heavy (non-hydrogen) atoms. The van der Waals surface area contributed by atoms with Crippen LogP contribution < -0.4 is 5.32 Å². The number of carbonyl (C=O) groups excluding carboxylic acids is 3. The number of alkyl carbamates (subject to hydrolysis) is 1. The van der Waals surface area contributed by atoms with Crippen LogP contribution in [0.1, 0.15) is 55.7 Å². The van der Waals surface area contributed by atoms with Crippen molar-refractivity contribution >= 4 is 28.9 Å². The predicted molar refractivity (Wildman–Crippen MR) is 111 cm³/mol. The van der Waals surface area contributed by atoms with E-state index in [4.69, 9.17) is 14.2 Å². The number of carbonyl (C=O) groups is 3. The minimum Gasteiger partial charge on any atom is -0.462 e. The zero-order valence-corrected chi connectivity index (χ0v) is 18.0. The lowest BCUT2D eigenvalue weighted by molar-refractivity contribution is -0.144. The van der Waals surface area contributed by atoms with Crippen LogP contribution in [0.3, 0.4) is 0 Å². The minimum atomic E-state index is -0.617. The van der Waals surface area contributed by atoms with E-state index >= 15 is 0 Å². The van der Waals surface area contributed by atoms with E-state index in [1.54, 1.807) is 27.7 Å². The maximum atomic E-state index is 12.5. The molecule has 0 unspecified atom stereocenters. The van der Waals surface area contributed by atoms with Crippen LogP contribution in [0.15, 0.2) is 24.3 Å². The summed E-state index contributed by atoms with van der Waals surface area (Å²) in [6.45, 7) is 8.90. The number of amides is 1. The summed E-state index contributed by atoms with van der Waals surface area (Å²) < 4.78 is 15.5. The van der Waals surface area contributed by atoms with Crippen LogP contribution in [0, 0.1) is 6.92 Å². The Kier molecular flexibility index (Phi) is 7.74. The van der Waals surface area contributed by atoms with E-state index in [0.717, 1.165) is 10.9 Å². The maximum absolute atomic E-state index is 12.5. The molecule has 0 saturated carbocycles. The van der Waals surface area contributed by atoms with Crippen molar-refractivity contribution in [3.05, 3.63) is 41.1 Å². The average Bonchev–Trinajstić information content (AvgIpc) is 2.65. The third-order valence-electron chi connectivity index (χ3n) is 4.07. The Bertz CT molecular complexity index is 933. The highest BCUT2D eigenvalue weighted by atomic mass is 16.6. The monoisotopic (exact) mass is 416 g/mol. The molecule has 0 aliphatic carbocycles. The second-order valence-corrected chi connectivity index (χ2v) is 7.64. The second kappa shape index (κ2) is 10.0. The van der Waals surface area contributed by atoms with Gasteiger partial charge in [-0.2, -0.15) is 0 Å². The lowest BCUT2D eigenvalue weighted by atomic mass is 10.0. The minimum absolute atomic E-state index is 0.0411. The first-order chi connectivity index (χ1) is 14.1. The number of aryl methyl sites for hydroxylation is 1. The van der Waals surface area contributed by atoms with Gasteiger partial charge < -0.3 is 19.5 Å². The summed E-state index contributed by atoms with van der Waals surface area (Å²) in [5, 5.41) is 3.33. The van der Waals surface area contributed by atoms with Crippen LogP contribution in [0.5, 0.6) is 0 Å². The highest BCUT2D eigenvalue weighted by Gasteiger charge is 2.21. The molecule has 2 rings (SSSR count). The summed E-state index contributed by atoms with van der Waals surface area (Å²) in [6.07, 6.45) is -0.646. The molecule has 1 aromatic carbocycles. The molecule has 0 spiro atoms. The van der Waals surface area contributed by atoms with Crippen molar-refractivity contribution in [3.63, 3.8) is 0 Å². The maximum Gasteiger partial charge on any atom is 0.407 e. The Balaban J connectivity index is 2.06. The fourth-order valence-corrected chi connectivity index (χ4v) is 2.82. The van der Waals surface area contributed by atoms with E-state index in [9.17, 15) is 14.4 Å². The summed E-state index contributed by atoms with van der Waals surface area (Å²) >= 11 is 0. The van der Waals surface area contributed by atoms with Gasteiger partial charge in [-0.15, -0.1) is 0 Å². The zero-order chi connectivity index (χ0) is 22.3. The Labute approximate surface area is 175 Å². The molecular formula is C22H28N2O6. The topological polar surface area (TPSA) is 104 Å². The quantitative estimate of drug-likeness (QED) is 0.542. The Morgan fingerprint density at radius 2 is 1.80 bits per heavy atom. The largest absolute Gasteiger partial charge is 0.462 e. The predicted octanol–water partition coefficient (Wildman–Crippen LogP) is 3.68. The molecule has 0 fully saturated rings. The van der Waals surface area contributed by atoms with Gasteiger partial charge in [-0.1, -0.05) is 18.2 Å². The van der Waals surface area contributed by atoms with Crippen LogP contribution in [-0.4, -0.2) is 41.8 Å². The van der Waals surface area contributed by atoms with Crippen molar-refractivity contribution in [3.8, 4) is 0 Å². The molecule has 1 aromatic heterocycles. The number of hydrogen-bond acceptors (Lipinski definition) is 7. The zero-order valence-electron chi connectivity index (χ0n) is 18.0. The van der Waals surface area contributed by atoms with Crippen molar-refractivity contribution < 1.29 is 28.6 Å². The average molecular weight is 416 g/mol. The molecule has 0 aliphatic heterocycles. The van der Waals surface area contributed by atoms with Crippen molar-refractivity contribution in [2.45, 2.75) is 53.2 Å². The van der Waals surface area contributed by atoms with Crippen LogP contribution in [0.25, 0.3) is 10.9 Å². The van der Waals surface area contributed by atoms with Gasteiger partial charge in [-0.05, 0) is 46.2 Å². The SMILES string of the molecule is CCOC(=O)c1c(COC(=O)CCNC(=O)OC(C)(C)C)nc2ccccc2c1C. The number of benzene rings is 1. The molecule has 8 nitrogen and oxygen atoms in total. The number of fused-ring (bicyclic) bond motifs is 1. The van der Waals surface area contributed by atoms with Gasteiger partial charge in [-0.25, -0.2) is 14.6 Å². The number of hydrogen-bond donors (Lipinski definition) is 1. The third-order valence-corrected chi connectivity index (χ3v) is 4.07. The van der Waals surface area contributed by atoms with Gasteiger partial charge in [0.05, 0.1) is 29.8 Å². The number of para-hydroxylation sites is 1. The van der Waals surface area contributed by atoms with Gasteiger partial charge >= 0.3 is 18.0 Å². The molecule has 1 amide bonds. The first kappa shape index (κ1) is 23.1. The molecule has 0 radical (unpaired) electrons. The van der Waals surface area contributed by atoms with Gasteiger partial charge in [0.2, 0.25) is 0 Å². The van der Waals surface area contributed by atoms with Crippen LogP contribution >= 0.6 is 0 Å². The Morgan fingerprint density at radius 3 is 2.47 bits per heavy atom. The highest BCUT2D eigenvalue weighted by molar-refractivity contribution is 5.98. The fraction of sp³-hybridized carbons (Fsp3) is 0.455. The lowest BCUT2D eigenvalue weighted by Crippen LogP contribution is -2.33. The third kappa shape index (κ3) is 6.43. The van der Waals surface area contributed by atoms with E-state index < -0.39 is 23.6 Å². The second-order valence-electron chi connectivity index (χ2n) is 7.64. The van der Waals surface area contributed by atoms with Gasteiger partial charge in [0.25, 0.3) is 0 Å². The fourth-order valence-electron chi connectivity index (χ4n) is 2.82. The smallest absolute Gasteiger partial charge is 0.407 e. The number of nitrogens with one attached hydrogen (secondary N) is 1. The molecular weight excluding hydrogens is 388 g/mol. The Hall–Kier alpha value is -3.16. The number of nitrogens with zero attached hydrogens (tertiary/aromatic N) is 1. The molecule has 2 aromatic rings. The van der Waals surface area contributed by atoms with E-state index in [-0.39, 0.29) is 26.2 Å². The molecule has 0 atom stereocenters. The highest BCUT2D eigenvalue weighted by Crippen LogP contribution is 2.24. The van der Waals surface area contributed by atoms with Crippen molar-refractivity contribution in [2.24, 2.45) is 0 Å². The van der Waals surface area contributed by atoms with Crippen LogP contribution in [-0.2, 0) is 25.6 Å². The lowest BCUT2D eigenvalue weighted by Gasteiger charge is -2.19. The van der Waals surface area contributed by atoms with Crippen LogP contribution in [0.4, 0.5) is 4.79 Å². The number of aromatic nitrogens is 1. The van der Waals surface area contributed by atoms with Crippen LogP contribution in [0.2, 0.25) is 0 Å². The molecule has 0 saturated heterocycles.